The molecule has 0 fully saturated rings. The predicted molar refractivity (Wildman–Crippen MR) is 94.5 cm³/mol. The first-order valence-electron chi connectivity index (χ1n) is 6.78. The largest absolute Gasteiger partial charge is 0.349 e. The van der Waals surface area contributed by atoms with Gasteiger partial charge in [0.05, 0.1) is 13.1 Å². The fraction of sp³-hybridized carbons (Fsp3) is 0.308. The van der Waals surface area contributed by atoms with Crippen LogP contribution >= 0.6 is 24.0 Å². The number of hydrogen-bond acceptors (Lipinski definition) is 6. The molecule has 23 heavy (non-hydrogen) atoms. The first kappa shape index (κ1) is 17.1. The molecule has 0 amide bonds. The van der Waals surface area contributed by atoms with Crippen molar-refractivity contribution in [2.45, 2.75) is 20.0 Å². The molecule has 3 rings (SSSR count). The minimum atomic E-state index is 0. The minimum Gasteiger partial charge on any atom is -0.349 e. The summed E-state index contributed by atoms with van der Waals surface area (Å²) in [5.74, 6) is 2.53. The molecule has 3 aromatic heterocycles. The van der Waals surface area contributed by atoms with Crippen LogP contribution in [0.5, 0.6) is 0 Å². The average Bonchev–Trinajstić information content (AvgIpc) is 3.14. The number of hydrogen-bond donors (Lipinski definition) is 2. The Hall–Kier alpha value is -2.24. The van der Waals surface area contributed by atoms with Crippen molar-refractivity contribution < 1.29 is 4.52 Å². The van der Waals surface area contributed by atoms with Gasteiger partial charge in [0, 0.05) is 13.2 Å². The molecule has 0 saturated carbocycles. The summed E-state index contributed by atoms with van der Waals surface area (Å²) in [6, 6.07) is 5.76. The topological polar surface area (TPSA) is 106 Å². The molecule has 10 heteroatoms. The Labute approximate surface area is 149 Å². The Morgan fingerprint density at radius 2 is 2.09 bits per heavy atom. The Morgan fingerprint density at radius 3 is 2.83 bits per heavy atom. The van der Waals surface area contributed by atoms with Crippen LogP contribution in [0.2, 0.25) is 0 Å². The summed E-state index contributed by atoms with van der Waals surface area (Å²) < 4.78 is 6.95. The van der Waals surface area contributed by atoms with Gasteiger partial charge in [0.15, 0.2) is 23.3 Å². The van der Waals surface area contributed by atoms with Crippen molar-refractivity contribution >= 4 is 35.6 Å². The monoisotopic (exact) mass is 428 g/mol. The maximum atomic E-state index is 5.03. The maximum Gasteiger partial charge on any atom is 0.246 e. The third-order valence-corrected chi connectivity index (χ3v) is 3.00. The van der Waals surface area contributed by atoms with Gasteiger partial charge in [-0.05, 0) is 19.1 Å². The number of aryl methyl sites for hydroxylation is 1. The van der Waals surface area contributed by atoms with Crippen LogP contribution in [0.3, 0.4) is 0 Å². The number of rotatable bonds is 4. The molecule has 0 unspecified atom stereocenters. The second-order valence-corrected chi connectivity index (χ2v) is 4.56. The summed E-state index contributed by atoms with van der Waals surface area (Å²) >= 11 is 0. The summed E-state index contributed by atoms with van der Waals surface area (Å²) in [6.07, 6.45) is 1.92. The Bertz CT molecular complexity index is 796. The highest BCUT2D eigenvalue weighted by molar-refractivity contribution is 14.0. The summed E-state index contributed by atoms with van der Waals surface area (Å²) in [7, 11) is 1.69. The van der Waals surface area contributed by atoms with E-state index in [1.165, 1.54) is 0 Å². The second-order valence-electron chi connectivity index (χ2n) is 4.56. The lowest BCUT2D eigenvalue weighted by atomic mass is 10.4. The van der Waals surface area contributed by atoms with Crippen LogP contribution in [0.1, 0.15) is 17.5 Å². The van der Waals surface area contributed by atoms with Crippen LogP contribution in [0.25, 0.3) is 5.65 Å². The van der Waals surface area contributed by atoms with Gasteiger partial charge < -0.3 is 15.2 Å². The molecule has 122 valence electrons. The third kappa shape index (κ3) is 4.15. The van der Waals surface area contributed by atoms with Crippen LogP contribution in [0, 0.1) is 6.92 Å². The standard InChI is InChI=1S/C13H16N8O.HI/c1-9-17-12(22-20-9)8-16-13(14-2)15-7-11-19-18-10-5-3-4-6-21(10)11;/h3-6H,7-8H2,1-2H3,(H2,14,15,16);1H. The number of fused-ring (bicyclic) bond motifs is 1. The highest BCUT2D eigenvalue weighted by atomic mass is 127. The van der Waals surface area contributed by atoms with Crippen LogP contribution in [0.4, 0.5) is 0 Å². The van der Waals surface area contributed by atoms with Gasteiger partial charge in [-0.3, -0.25) is 9.39 Å². The Morgan fingerprint density at radius 1 is 1.26 bits per heavy atom. The lowest BCUT2D eigenvalue weighted by molar-refractivity contribution is 0.371. The van der Waals surface area contributed by atoms with Crippen LogP contribution in [-0.4, -0.2) is 37.7 Å². The molecule has 0 aliphatic heterocycles. The van der Waals surface area contributed by atoms with E-state index in [1.807, 2.05) is 28.8 Å². The number of halogens is 1. The number of nitrogens with one attached hydrogen (secondary N) is 2. The van der Waals surface area contributed by atoms with Crippen molar-refractivity contribution in [3.8, 4) is 0 Å². The molecule has 9 nitrogen and oxygen atoms in total. The van der Waals surface area contributed by atoms with E-state index in [0.29, 0.717) is 30.8 Å². The van der Waals surface area contributed by atoms with Crippen molar-refractivity contribution in [1.82, 2.24) is 35.4 Å². The Balaban J connectivity index is 0.00000192. The van der Waals surface area contributed by atoms with Gasteiger partial charge in [-0.2, -0.15) is 4.98 Å². The highest BCUT2D eigenvalue weighted by Gasteiger charge is 2.07. The molecular weight excluding hydrogens is 411 g/mol. The molecule has 0 aromatic carbocycles. The van der Waals surface area contributed by atoms with E-state index in [2.05, 4.69) is 36.0 Å². The molecular formula is C13H17IN8O. The number of nitrogens with zero attached hydrogens (tertiary/aromatic N) is 6. The summed E-state index contributed by atoms with van der Waals surface area (Å²) in [5, 5.41) is 18.2. The van der Waals surface area contributed by atoms with Crippen LogP contribution < -0.4 is 10.6 Å². The van der Waals surface area contributed by atoms with E-state index in [1.54, 1.807) is 14.0 Å². The van der Waals surface area contributed by atoms with E-state index >= 15 is 0 Å². The molecule has 2 N–H and O–H groups in total. The van der Waals surface area contributed by atoms with Crippen LogP contribution in [-0.2, 0) is 13.1 Å². The Kier molecular flexibility index (Phi) is 5.84. The number of aromatic nitrogens is 5. The van der Waals surface area contributed by atoms with Gasteiger partial charge >= 0.3 is 0 Å². The summed E-state index contributed by atoms with van der Waals surface area (Å²) in [4.78, 5) is 8.25. The molecule has 0 radical (unpaired) electrons. The maximum absolute atomic E-state index is 5.03. The quantitative estimate of drug-likeness (QED) is 0.362. The molecule has 0 saturated heterocycles. The lowest BCUT2D eigenvalue weighted by Crippen LogP contribution is -2.36. The zero-order valence-corrected chi connectivity index (χ0v) is 15.1. The second kappa shape index (κ2) is 7.85. The molecule has 3 heterocycles. The van der Waals surface area contributed by atoms with Gasteiger partial charge in [0.1, 0.15) is 0 Å². The molecule has 0 aliphatic rings. The van der Waals surface area contributed by atoms with E-state index in [-0.39, 0.29) is 24.0 Å². The van der Waals surface area contributed by atoms with Crippen molar-refractivity contribution in [3.63, 3.8) is 0 Å². The first-order chi connectivity index (χ1) is 10.8. The van der Waals surface area contributed by atoms with Gasteiger partial charge in [-0.1, -0.05) is 11.2 Å². The van der Waals surface area contributed by atoms with Gasteiger partial charge in [0.25, 0.3) is 0 Å². The molecule has 0 bridgehead atoms. The van der Waals surface area contributed by atoms with Crippen LogP contribution in [0.15, 0.2) is 33.9 Å². The normalized spacial score (nSPS) is 11.3. The predicted octanol–water partition coefficient (Wildman–Crippen LogP) is 0.904. The zero-order chi connectivity index (χ0) is 15.4. The first-order valence-corrected chi connectivity index (χ1v) is 6.78. The number of guanidine groups is 1. The number of pyridine rings is 1. The zero-order valence-electron chi connectivity index (χ0n) is 12.7. The fourth-order valence-electron chi connectivity index (χ4n) is 1.97. The van der Waals surface area contributed by atoms with E-state index in [0.717, 1.165) is 11.5 Å². The fourth-order valence-corrected chi connectivity index (χ4v) is 1.97. The van der Waals surface area contributed by atoms with Gasteiger partial charge in [-0.25, -0.2) is 0 Å². The van der Waals surface area contributed by atoms with Gasteiger partial charge in [-0.15, -0.1) is 34.2 Å². The lowest BCUT2D eigenvalue weighted by Gasteiger charge is -2.09. The number of aliphatic imine (C=N–C) groups is 1. The van der Waals surface area contributed by atoms with Crippen molar-refractivity contribution in [2.24, 2.45) is 4.99 Å². The van der Waals surface area contributed by atoms with Crippen molar-refractivity contribution in [1.29, 1.82) is 0 Å². The highest BCUT2D eigenvalue weighted by Crippen LogP contribution is 2.02. The minimum absolute atomic E-state index is 0. The third-order valence-electron chi connectivity index (χ3n) is 3.00. The van der Waals surface area contributed by atoms with Gasteiger partial charge in [0.2, 0.25) is 5.89 Å². The summed E-state index contributed by atoms with van der Waals surface area (Å²) in [6.45, 7) is 2.67. The van der Waals surface area contributed by atoms with E-state index in [4.69, 9.17) is 4.52 Å². The SMILES string of the molecule is CN=C(NCc1nc(C)no1)NCc1nnc2ccccn12.I. The smallest absolute Gasteiger partial charge is 0.246 e. The van der Waals surface area contributed by atoms with Crippen molar-refractivity contribution in [3.05, 3.63) is 41.9 Å². The summed E-state index contributed by atoms with van der Waals surface area (Å²) in [5.41, 5.74) is 0.809. The average molecular weight is 428 g/mol. The molecule has 3 aromatic rings. The molecule has 0 atom stereocenters. The van der Waals surface area contributed by atoms with Crippen molar-refractivity contribution in [2.75, 3.05) is 7.05 Å². The van der Waals surface area contributed by atoms with E-state index in [9.17, 15) is 0 Å². The van der Waals surface area contributed by atoms with E-state index < -0.39 is 0 Å². The molecule has 0 aliphatic carbocycles. The molecule has 0 spiro atoms.